The van der Waals surface area contributed by atoms with Crippen molar-refractivity contribution in [2.24, 2.45) is 0 Å². The summed E-state index contributed by atoms with van der Waals surface area (Å²) in [5.41, 5.74) is 1.86. The first-order valence-corrected chi connectivity index (χ1v) is 8.32. The Morgan fingerprint density at radius 2 is 0.679 bits per heavy atom. The molecule has 0 aliphatic rings. The normalized spacial score (nSPS) is 9.43. The van der Waals surface area contributed by atoms with Gasteiger partial charge < -0.3 is 10.2 Å². The van der Waals surface area contributed by atoms with E-state index in [2.05, 4.69) is 23.7 Å². The number of aromatic hydroxyl groups is 2. The highest BCUT2D eigenvalue weighted by atomic mass is 16.3. The SMILES string of the molecule is O=c1ccc(C#Cc2ccc(C#Cc3ccc(O)c(=O)cc3)cc2)ccc1O. The van der Waals surface area contributed by atoms with Crippen LogP contribution in [0.4, 0.5) is 0 Å². The van der Waals surface area contributed by atoms with E-state index in [9.17, 15) is 19.8 Å². The summed E-state index contributed by atoms with van der Waals surface area (Å²) < 4.78 is 0. The summed E-state index contributed by atoms with van der Waals surface area (Å²) in [6.07, 6.45) is 0. The molecule has 0 radical (unpaired) electrons. The van der Waals surface area contributed by atoms with Gasteiger partial charge in [0.2, 0.25) is 10.9 Å². The molecule has 2 N–H and O–H groups in total. The summed E-state index contributed by atoms with van der Waals surface area (Å²) in [6.45, 7) is 0. The topological polar surface area (TPSA) is 74.6 Å². The Morgan fingerprint density at radius 1 is 0.429 bits per heavy atom. The van der Waals surface area contributed by atoms with E-state index < -0.39 is 10.9 Å². The first-order chi connectivity index (χ1) is 13.5. The van der Waals surface area contributed by atoms with Gasteiger partial charge in [0.05, 0.1) is 0 Å². The van der Waals surface area contributed by atoms with E-state index in [0.29, 0.717) is 11.1 Å². The summed E-state index contributed by atoms with van der Waals surface area (Å²) in [7, 11) is 0. The van der Waals surface area contributed by atoms with Crippen LogP contribution in [0.5, 0.6) is 11.5 Å². The highest BCUT2D eigenvalue weighted by Crippen LogP contribution is 2.05. The van der Waals surface area contributed by atoms with Crippen LogP contribution in [0.2, 0.25) is 0 Å². The molecule has 0 aliphatic heterocycles. The third kappa shape index (κ3) is 4.88. The molecule has 0 saturated heterocycles. The van der Waals surface area contributed by atoms with Gasteiger partial charge in [0.25, 0.3) is 0 Å². The van der Waals surface area contributed by atoms with Crippen molar-refractivity contribution in [3.8, 4) is 35.2 Å². The monoisotopic (exact) mass is 366 g/mol. The second-order valence-corrected chi connectivity index (χ2v) is 5.82. The van der Waals surface area contributed by atoms with Crippen molar-refractivity contribution in [1.82, 2.24) is 0 Å². The second kappa shape index (κ2) is 8.40. The van der Waals surface area contributed by atoms with E-state index in [1.165, 1.54) is 24.3 Å². The van der Waals surface area contributed by atoms with Gasteiger partial charge in [-0.25, -0.2) is 0 Å². The molecule has 3 aromatic rings. The molecular formula is C24H14O4. The fourth-order valence-electron chi connectivity index (χ4n) is 2.21. The molecular weight excluding hydrogens is 352 g/mol. The first kappa shape index (κ1) is 18.5. The Balaban J connectivity index is 1.79. The molecule has 0 spiro atoms. The lowest BCUT2D eigenvalue weighted by molar-refractivity contribution is 0.470. The fourth-order valence-corrected chi connectivity index (χ4v) is 2.21. The molecule has 28 heavy (non-hydrogen) atoms. The standard InChI is InChI=1S/C24H14O4/c25-21-13-9-19(10-14-22(21)26)7-5-17-1-2-18(4-3-17)6-8-20-11-15-23(27)24(28)16-12-20/h1-4,9-16H,(H,25,26)(H,27,28). The van der Waals surface area contributed by atoms with Crippen LogP contribution in [0.1, 0.15) is 22.3 Å². The highest BCUT2D eigenvalue weighted by Gasteiger charge is 1.94. The average molecular weight is 366 g/mol. The molecule has 0 heterocycles. The summed E-state index contributed by atoms with van der Waals surface area (Å²) >= 11 is 0. The maximum absolute atomic E-state index is 11.4. The van der Waals surface area contributed by atoms with Gasteiger partial charge in [0, 0.05) is 22.3 Å². The van der Waals surface area contributed by atoms with Gasteiger partial charge in [-0.15, -0.1) is 0 Å². The minimum atomic E-state index is -0.454. The highest BCUT2D eigenvalue weighted by molar-refractivity contribution is 5.48. The summed E-state index contributed by atoms with van der Waals surface area (Å²) in [4.78, 5) is 22.7. The first-order valence-electron chi connectivity index (χ1n) is 8.32. The lowest BCUT2D eigenvalue weighted by atomic mass is 10.1. The maximum atomic E-state index is 11.4. The summed E-state index contributed by atoms with van der Waals surface area (Å²) in [5.74, 6) is 11.2. The van der Waals surface area contributed by atoms with Gasteiger partial charge in [0.1, 0.15) is 0 Å². The Hall–Kier alpha value is -4.28. The maximum Gasteiger partial charge on any atom is 0.220 e. The molecule has 134 valence electrons. The van der Waals surface area contributed by atoms with E-state index in [1.54, 1.807) is 24.3 Å². The second-order valence-electron chi connectivity index (χ2n) is 5.82. The molecule has 4 nitrogen and oxygen atoms in total. The lowest BCUT2D eigenvalue weighted by Gasteiger charge is -1.92. The van der Waals surface area contributed by atoms with Gasteiger partial charge in [0.15, 0.2) is 11.5 Å². The van der Waals surface area contributed by atoms with E-state index >= 15 is 0 Å². The number of benzene rings is 1. The zero-order chi connectivity index (χ0) is 19.9. The van der Waals surface area contributed by atoms with Crippen LogP contribution in [0.3, 0.4) is 0 Å². The summed E-state index contributed by atoms with van der Waals surface area (Å²) in [5, 5.41) is 18.8. The fraction of sp³-hybridized carbons (Fsp3) is 0. The van der Waals surface area contributed by atoms with Crippen molar-refractivity contribution in [3.63, 3.8) is 0 Å². The van der Waals surface area contributed by atoms with Gasteiger partial charge >= 0.3 is 0 Å². The molecule has 3 rings (SSSR count). The Bertz CT molecular complexity index is 1170. The van der Waals surface area contributed by atoms with E-state index in [1.807, 2.05) is 24.3 Å². The van der Waals surface area contributed by atoms with E-state index in [0.717, 1.165) is 11.1 Å². The number of hydrogen-bond donors (Lipinski definition) is 2. The minimum Gasteiger partial charge on any atom is -0.504 e. The third-order valence-corrected chi connectivity index (χ3v) is 3.76. The number of rotatable bonds is 0. The largest absolute Gasteiger partial charge is 0.504 e. The van der Waals surface area contributed by atoms with Gasteiger partial charge in [-0.3, -0.25) is 9.59 Å². The molecule has 0 aliphatic carbocycles. The molecule has 0 atom stereocenters. The predicted octanol–water partition coefficient (Wildman–Crippen LogP) is 2.62. The molecule has 0 amide bonds. The zero-order valence-electron chi connectivity index (χ0n) is 14.6. The van der Waals surface area contributed by atoms with Crippen LogP contribution in [0, 0.1) is 23.7 Å². The average Bonchev–Trinajstić information content (AvgIpc) is 2.97. The molecule has 0 saturated carbocycles. The molecule has 0 fully saturated rings. The van der Waals surface area contributed by atoms with Gasteiger partial charge in [-0.05, 0) is 72.8 Å². The quantitative estimate of drug-likeness (QED) is 0.600. The van der Waals surface area contributed by atoms with Gasteiger partial charge in [-0.2, -0.15) is 0 Å². The molecule has 0 unspecified atom stereocenters. The van der Waals surface area contributed by atoms with Crippen LogP contribution in [0.15, 0.2) is 82.4 Å². The van der Waals surface area contributed by atoms with Crippen molar-refractivity contribution in [3.05, 3.63) is 115 Å². The molecule has 0 aromatic heterocycles. The van der Waals surface area contributed by atoms with Crippen molar-refractivity contribution in [2.45, 2.75) is 0 Å². The van der Waals surface area contributed by atoms with Crippen molar-refractivity contribution < 1.29 is 10.2 Å². The van der Waals surface area contributed by atoms with Crippen LogP contribution in [-0.4, -0.2) is 10.2 Å². The van der Waals surface area contributed by atoms with E-state index in [4.69, 9.17) is 0 Å². The molecule has 4 heteroatoms. The third-order valence-electron chi connectivity index (χ3n) is 3.76. The Kier molecular flexibility index (Phi) is 5.55. The lowest BCUT2D eigenvalue weighted by Crippen LogP contribution is -1.91. The smallest absolute Gasteiger partial charge is 0.220 e. The Labute approximate surface area is 161 Å². The minimum absolute atomic E-state index is 0.315. The van der Waals surface area contributed by atoms with Crippen LogP contribution >= 0.6 is 0 Å². The van der Waals surface area contributed by atoms with Crippen molar-refractivity contribution in [1.29, 1.82) is 0 Å². The van der Waals surface area contributed by atoms with Crippen molar-refractivity contribution >= 4 is 0 Å². The van der Waals surface area contributed by atoms with Crippen molar-refractivity contribution in [2.75, 3.05) is 0 Å². The van der Waals surface area contributed by atoms with E-state index in [-0.39, 0.29) is 11.5 Å². The van der Waals surface area contributed by atoms with Crippen LogP contribution in [-0.2, 0) is 0 Å². The van der Waals surface area contributed by atoms with Crippen LogP contribution < -0.4 is 10.9 Å². The molecule has 3 aromatic carbocycles. The van der Waals surface area contributed by atoms with Crippen LogP contribution in [0.25, 0.3) is 0 Å². The summed E-state index contributed by atoms with van der Waals surface area (Å²) in [6, 6.07) is 18.8. The zero-order valence-corrected chi connectivity index (χ0v) is 14.6. The predicted molar refractivity (Wildman–Crippen MR) is 107 cm³/mol. The number of hydrogen-bond acceptors (Lipinski definition) is 4. The molecule has 0 bridgehead atoms. The van der Waals surface area contributed by atoms with Gasteiger partial charge in [-0.1, -0.05) is 23.7 Å². The Morgan fingerprint density at radius 3 is 1.00 bits per heavy atom.